The lowest BCUT2D eigenvalue weighted by Gasteiger charge is -2.00. The number of pyridine rings is 1. The molecule has 2 aromatic rings. The molecule has 0 bridgehead atoms. The highest BCUT2D eigenvalue weighted by Crippen LogP contribution is 2.21. The summed E-state index contributed by atoms with van der Waals surface area (Å²) in [7, 11) is 3.34. The van der Waals surface area contributed by atoms with Gasteiger partial charge in [0.05, 0.1) is 19.0 Å². The van der Waals surface area contributed by atoms with Gasteiger partial charge < -0.3 is 4.74 Å². The summed E-state index contributed by atoms with van der Waals surface area (Å²) in [6.45, 7) is 0. The maximum Gasteiger partial charge on any atom is 0.171 e. The highest BCUT2D eigenvalue weighted by molar-refractivity contribution is 5.83. The molecule has 0 aliphatic carbocycles. The molecule has 0 aromatic carbocycles. The van der Waals surface area contributed by atoms with E-state index in [9.17, 15) is 4.79 Å². The number of aryl methyl sites for hydroxylation is 1. The van der Waals surface area contributed by atoms with Crippen molar-refractivity contribution in [2.24, 2.45) is 7.05 Å². The van der Waals surface area contributed by atoms with Crippen LogP contribution in [0.4, 0.5) is 0 Å². The second-order valence-electron chi connectivity index (χ2n) is 3.30. The van der Waals surface area contributed by atoms with Crippen LogP contribution in [0, 0.1) is 0 Å². The van der Waals surface area contributed by atoms with Crippen LogP contribution in [-0.2, 0) is 7.05 Å². The highest BCUT2D eigenvalue weighted by atomic mass is 16.5. The lowest BCUT2D eigenvalue weighted by molar-refractivity contribution is 0.111. The Labute approximate surface area is 92.7 Å². The molecule has 2 heterocycles. The van der Waals surface area contributed by atoms with Crippen molar-refractivity contribution in [2.45, 2.75) is 0 Å². The van der Waals surface area contributed by atoms with Crippen LogP contribution >= 0.6 is 0 Å². The van der Waals surface area contributed by atoms with E-state index in [4.69, 9.17) is 4.74 Å². The van der Waals surface area contributed by atoms with Gasteiger partial charge >= 0.3 is 0 Å². The molecule has 0 unspecified atom stereocenters. The van der Waals surface area contributed by atoms with Crippen molar-refractivity contribution in [2.75, 3.05) is 7.11 Å². The molecule has 0 atom stereocenters. The molecule has 0 amide bonds. The summed E-state index contributed by atoms with van der Waals surface area (Å²) in [6, 6.07) is 3.59. The van der Waals surface area contributed by atoms with E-state index in [-0.39, 0.29) is 0 Å². The standard InChI is InChI=1S/C11H11N3O2/c1-14-6-9(11(7-15)13-14)10-4-3-8(16-2)5-12-10/h3-7H,1-2H3. The van der Waals surface area contributed by atoms with Gasteiger partial charge in [-0.1, -0.05) is 0 Å². The summed E-state index contributed by atoms with van der Waals surface area (Å²) in [6.07, 6.45) is 4.09. The number of carbonyl (C=O) groups is 1. The summed E-state index contributed by atoms with van der Waals surface area (Å²) < 4.78 is 6.60. The Hall–Kier alpha value is -2.17. The number of aldehydes is 1. The molecule has 0 aliphatic rings. The zero-order valence-corrected chi connectivity index (χ0v) is 9.04. The molecule has 0 spiro atoms. The van der Waals surface area contributed by atoms with Crippen molar-refractivity contribution in [1.29, 1.82) is 0 Å². The van der Waals surface area contributed by atoms with E-state index < -0.39 is 0 Å². The van der Waals surface area contributed by atoms with E-state index in [2.05, 4.69) is 10.1 Å². The van der Waals surface area contributed by atoms with E-state index in [1.165, 1.54) is 0 Å². The number of rotatable bonds is 3. The van der Waals surface area contributed by atoms with Crippen LogP contribution in [0.5, 0.6) is 5.75 Å². The lowest BCUT2D eigenvalue weighted by Crippen LogP contribution is -1.90. The van der Waals surface area contributed by atoms with E-state index in [0.29, 0.717) is 17.1 Å². The summed E-state index contributed by atoms with van der Waals surface area (Å²) >= 11 is 0. The molecule has 2 rings (SSSR count). The molecule has 0 saturated carbocycles. The molecule has 5 nitrogen and oxygen atoms in total. The van der Waals surface area contributed by atoms with Crippen LogP contribution in [-0.4, -0.2) is 28.2 Å². The van der Waals surface area contributed by atoms with Gasteiger partial charge in [-0.05, 0) is 12.1 Å². The molecular weight excluding hydrogens is 206 g/mol. The van der Waals surface area contributed by atoms with Crippen LogP contribution in [0.3, 0.4) is 0 Å². The first kappa shape index (κ1) is 10.4. The van der Waals surface area contributed by atoms with Gasteiger partial charge in [0.2, 0.25) is 0 Å². The fourth-order valence-electron chi connectivity index (χ4n) is 1.45. The van der Waals surface area contributed by atoms with Crippen molar-refractivity contribution in [3.8, 4) is 17.0 Å². The van der Waals surface area contributed by atoms with Gasteiger partial charge in [-0.2, -0.15) is 5.10 Å². The monoisotopic (exact) mass is 217 g/mol. The fraction of sp³-hybridized carbons (Fsp3) is 0.182. The minimum Gasteiger partial charge on any atom is -0.495 e. The highest BCUT2D eigenvalue weighted by Gasteiger charge is 2.10. The summed E-state index contributed by atoms with van der Waals surface area (Å²) in [5.41, 5.74) is 1.82. The molecule has 0 radical (unpaired) electrons. The Kier molecular flexibility index (Phi) is 2.68. The quantitative estimate of drug-likeness (QED) is 0.727. The number of hydrogen-bond donors (Lipinski definition) is 0. The first-order valence-electron chi connectivity index (χ1n) is 4.74. The Morgan fingerprint density at radius 3 is 2.81 bits per heavy atom. The Morgan fingerprint density at radius 1 is 1.44 bits per heavy atom. The summed E-state index contributed by atoms with van der Waals surface area (Å²) in [5, 5.41) is 4.03. The minimum atomic E-state index is 0.389. The van der Waals surface area contributed by atoms with Crippen molar-refractivity contribution >= 4 is 6.29 Å². The van der Waals surface area contributed by atoms with Crippen LogP contribution in [0.2, 0.25) is 0 Å². The van der Waals surface area contributed by atoms with Gasteiger partial charge in [0, 0.05) is 18.8 Å². The van der Waals surface area contributed by atoms with Crippen LogP contribution in [0.1, 0.15) is 10.5 Å². The maximum absolute atomic E-state index is 10.8. The normalized spacial score (nSPS) is 10.1. The number of nitrogens with zero attached hydrogens (tertiary/aromatic N) is 3. The number of ether oxygens (including phenoxy) is 1. The van der Waals surface area contributed by atoms with E-state index >= 15 is 0 Å². The first-order chi connectivity index (χ1) is 7.74. The number of aromatic nitrogens is 3. The largest absolute Gasteiger partial charge is 0.495 e. The van der Waals surface area contributed by atoms with Crippen LogP contribution in [0.25, 0.3) is 11.3 Å². The van der Waals surface area contributed by atoms with Crippen LogP contribution in [0.15, 0.2) is 24.5 Å². The van der Waals surface area contributed by atoms with Gasteiger partial charge in [0.15, 0.2) is 6.29 Å². The smallest absolute Gasteiger partial charge is 0.171 e. The third-order valence-electron chi connectivity index (χ3n) is 2.22. The van der Waals surface area contributed by atoms with Crippen molar-refractivity contribution in [3.05, 3.63) is 30.2 Å². The number of carbonyl (C=O) groups excluding carboxylic acids is 1. The molecule has 2 aromatic heterocycles. The molecule has 16 heavy (non-hydrogen) atoms. The van der Waals surface area contributed by atoms with Crippen molar-refractivity contribution in [1.82, 2.24) is 14.8 Å². The van der Waals surface area contributed by atoms with E-state index in [1.54, 1.807) is 43.4 Å². The molecule has 0 aliphatic heterocycles. The molecule has 82 valence electrons. The topological polar surface area (TPSA) is 57.0 Å². The predicted octanol–water partition coefficient (Wildman–Crippen LogP) is 1.30. The Morgan fingerprint density at radius 2 is 2.25 bits per heavy atom. The van der Waals surface area contributed by atoms with Gasteiger partial charge in [-0.25, -0.2) is 0 Å². The molecule has 0 N–H and O–H groups in total. The molecule has 0 saturated heterocycles. The third-order valence-corrected chi connectivity index (χ3v) is 2.22. The zero-order chi connectivity index (χ0) is 11.5. The average Bonchev–Trinajstić information content (AvgIpc) is 2.70. The molecular formula is C11H11N3O2. The van der Waals surface area contributed by atoms with Gasteiger partial charge in [0.25, 0.3) is 0 Å². The first-order valence-corrected chi connectivity index (χ1v) is 4.74. The SMILES string of the molecule is COc1ccc(-c2cn(C)nc2C=O)nc1. The molecule has 0 fully saturated rings. The Bertz CT molecular complexity index is 502. The van der Waals surface area contributed by atoms with E-state index in [1.807, 2.05) is 0 Å². The van der Waals surface area contributed by atoms with Gasteiger partial charge in [0.1, 0.15) is 11.4 Å². The third kappa shape index (κ3) is 1.79. The number of hydrogen-bond acceptors (Lipinski definition) is 4. The fourth-order valence-corrected chi connectivity index (χ4v) is 1.45. The van der Waals surface area contributed by atoms with Gasteiger partial charge in [-0.15, -0.1) is 0 Å². The average molecular weight is 217 g/mol. The second-order valence-corrected chi connectivity index (χ2v) is 3.30. The van der Waals surface area contributed by atoms with Gasteiger partial charge in [-0.3, -0.25) is 14.5 Å². The summed E-state index contributed by atoms with van der Waals surface area (Å²) in [5.74, 6) is 0.681. The maximum atomic E-state index is 10.8. The lowest BCUT2D eigenvalue weighted by atomic mass is 10.2. The zero-order valence-electron chi connectivity index (χ0n) is 9.04. The van der Waals surface area contributed by atoms with Crippen molar-refractivity contribution < 1.29 is 9.53 Å². The van der Waals surface area contributed by atoms with Crippen molar-refractivity contribution in [3.63, 3.8) is 0 Å². The summed E-state index contributed by atoms with van der Waals surface area (Å²) in [4.78, 5) is 15.0. The van der Waals surface area contributed by atoms with E-state index in [0.717, 1.165) is 11.8 Å². The minimum absolute atomic E-state index is 0.389. The van der Waals surface area contributed by atoms with Crippen LogP contribution < -0.4 is 4.74 Å². The number of methoxy groups -OCH3 is 1. The predicted molar refractivity (Wildman–Crippen MR) is 58.4 cm³/mol. The Balaban J connectivity index is 2.45. The molecule has 5 heteroatoms. The second kappa shape index (κ2) is 4.14.